The number of hydrogen-bond acceptors (Lipinski definition) is 2. The van der Waals surface area contributed by atoms with Gasteiger partial charge in [-0.05, 0) is 30.3 Å². The summed E-state index contributed by atoms with van der Waals surface area (Å²) >= 11 is 5.81. The fourth-order valence-electron chi connectivity index (χ4n) is 2.09. The van der Waals surface area contributed by atoms with Crippen molar-refractivity contribution in [1.82, 2.24) is 0 Å². The van der Waals surface area contributed by atoms with E-state index >= 15 is 0 Å². The molecule has 3 rings (SSSR count). The highest BCUT2D eigenvalue weighted by Gasteiger charge is 2.36. The fourth-order valence-corrected chi connectivity index (χ4v) is 2.26. The number of hydrogen-bond donors (Lipinski definition) is 0. The van der Waals surface area contributed by atoms with Crippen LogP contribution in [0.15, 0.2) is 42.5 Å². The number of carbonyl (C=O) groups excluding carboxylic acids is 1. The second-order valence-electron chi connectivity index (χ2n) is 4.14. The fraction of sp³-hybridized carbons (Fsp3) is 0. The maximum atomic E-state index is 13.2. The largest absolute Gasteiger partial charge is 0.618 e. The van der Waals surface area contributed by atoms with Crippen LogP contribution in [0.3, 0.4) is 0 Å². The summed E-state index contributed by atoms with van der Waals surface area (Å²) in [7, 11) is 0. The number of rotatable bonds is 1. The predicted molar refractivity (Wildman–Crippen MR) is 69.6 cm³/mol. The molecule has 1 aliphatic heterocycles. The molecule has 1 aliphatic rings. The molecule has 0 aliphatic carbocycles. The minimum Gasteiger partial charge on any atom is -0.618 e. The van der Waals surface area contributed by atoms with Crippen molar-refractivity contribution in [3.05, 3.63) is 69.6 Å². The van der Waals surface area contributed by atoms with Crippen LogP contribution in [0.2, 0.25) is 5.02 Å². The van der Waals surface area contributed by atoms with E-state index in [1.54, 1.807) is 6.07 Å². The van der Waals surface area contributed by atoms with Crippen molar-refractivity contribution < 1.29 is 13.9 Å². The molecule has 0 N–H and O–H groups in total. The molecule has 0 saturated carbocycles. The van der Waals surface area contributed by atoms with Gasteiger partial charge in [0.1, 0.15) is 11.4 Å². The molecule has 0 saturated heterocycles. The molecule has 3 nitrogen and oxygen atoms in total. The number of fused-ring (bicyclic) bond motifs is 1. The minimum absolute atomic E-state index is 0.0863. The molecule has 1 heterocycles. The summed E-state index contributed by atoms with van der Waals surface area (Å²) in [5.74, 6) is -0.924. The lowest BCUT2D eigenvalue weighted by Crippen LogP contribution is -2.16. The average molecular weight is 276 g/mol. The van der Waals surface area contributed by atoms with Crippen LogP contribution in [0, 0.1) is 11.0 Å². The summed E-state index contributed by atoms with van der Waals surface area (Å²) in [4.78, 5) is 12.2. The second-order valence-corrected chi connectivity index (χ2v) is 4.58. The first-order chi connectivity index (χ1) is 9.08. The highest BCUT2D eigenvalue weighted by Crippen LogP contribution is 2.30. The number of halogens is 2. The maximum Gasteiger partial charge on any atom is 0.273 e. The van der Waals surface area contributed by atoms with Gasteiger partial charge in [0.05, 0.1) is 5.56 Å². The Balaban J connectivity index is 2.22. The van der Waals surface area contributed by atoms with Crippen molar-refractivity contribution in [2.45, 2.75) is 0 Å². The lowest BCUT2D eigenvalue weighted by Gasteiger charge is -2.02. The van der Waals surface area contributed by atoms with Gasteiger partial charge >= 0.3 is 0 Å². The van der Waals surface area contributed by atoms with Crippen LogP contribution in [0.4, 0.5) is 10.1 Å². The van der Waals surface area contributed by atoms with E-state index in [4.69, 9.17) is 11.6 Å². The molecule has 0 unspecified atom stereocenters. The molecule has 2 aromatic carbocycles. The van der Waals surface area contributed by atoms with Crippen LogP contribution >= 0.6 is 11.6 Å². The molecule has 0 bridgehead atoms. The van der Waals surface area contributed by atoms with E-state index in [-0.39, 0.29) is 22.5 Å². The Morgan fingerprint density at radius 2 is 1.95 bits per heavy atom. The molecule has 0 atom stereocenters. The lowest BCUT2D eigenvalue weighted by molar-refractivity contribution is -0.355. The number of benzene rings is 2. The van der Waals surface area contributed by atoms with E-state index in [1.165, 1.54) is 30.3 Å². The summed E-state index contributed by atoms with van der Waals surface area (Å²) in [6.45, 7) is 0. The van der Waals surface area contributed by atoms with E-state index in [0.717, 1.165) is 6.07 Å². The van der Waals surface area contributed by atoms with E-state index in [2.05, 4.69) is 0 Å². The Morgan fingerprint density at radius 1 is 1.16 bits per heavy atom. The standard InChI is InChI=1S/C14H7ClFNO2/c15-9-4-5-11-12(7-9)17(19)13(14(11)18)8-2-1-3-10(16)6-8/h1-7H. The number of Topliss-reactive ketones (excluding diaryl/α,β-unsaturated/α-hetero) is 1. The number of carbonyl (C=O) groups is 1. The molecule has 19 heavy (non-hydrogen) atoms. The molecule has 0 radical (unpaired) electrons. The Bertz CT molecular complexity index is 740. The Labute approximate surface area is 113 Å². The molecule has 0 aromatic heterocycles. The molecule has 0 spiro atoms. The first-order valence-electron chi connectivity index (χ1n) is 5.52. The van der Waals surface area contributed by atoms with Gasteiger partial charge in [-0.1, -0.05) is 17.7 Å². The zero-order valence-electron chi connectivity index (χ0n) is 9.56. The Morgan fingerprint density at radius 3 is 2.68 bits per heavy atom. The van der Waals surface area contributed by atoms with E-state index in [0.29, 0.717) is 9.76 Å². The number of ketones is 1. The van der Waals surface area contributed by atoms with Gasteiger partial charge in [0.2, 0.25) is 5.69 Å². The van der Waals surface area contributed by atoms with Gasteiger partial charge in [0.25, 0.3) is 11.5 Å². The predicted octanol–water partition coefficient (Wildman–Crippen LogP) is 3.31. The molecule has 0 fully saturated rings. The van der Waals surface area contributed by atoms with E-state index < -0.39 is 11.6 Å². The van der Waals surface area contributed by atoms with Crippen LogP contribution in [0.5, 0.6) is 0 Å². The highest BCUT2D eigenvalue weighted by atomic mass is 35.5. The van der Waals surface area contributed by atoms with E-state index in [9.17, 15) is 14.4 Å². The zero-order valence-corrected chi connectivity index (χ0v) is 10.3. The summed E-state index contributed by atoms with van der Waals surface area (Å²) in [6, 6.07) is 9.85. The van der Waals surface area contributed by atoms with Crippen molar-refractivity contribution in [3.8, 4) is 0 Å². The first kappa shape index (κ1) is 11.9. The maximum absolute atomic E-state index is 13.2. The lowest BCUT2D eigenvalue weighted by atomic mass is 10.0. The van der Waals surface area contributed by atoms with Crippen LogP contribution in [-0.4, -0.2) is 16.2 Å². The third-order valence-electron chi connectivity index (χ3n) is 2.94. The van der Waals surface area contributed by atoms with Crippen LogP contribution in [-0.2, 0) is 0 Å². The van der Waals surface area contributed by atoms with Gasteiger partial charge in [-0.15, -0.1) is 0 Å². The topological polar surface area (TPSA) is 43.1 Å². The van der Waals surface area contributed by atoms with Gasteiger partial charge in [0, 0.05) is 11.1 Å². The summed E-state index contributed by atoms with van der Waals surface area (Å²) in [6.07, 6.45) is 0. The summed E-state index contributed by atoms with van der Waals surface area (Å²) in [5, 5.41) is 12.5. The SMILES string of the molecule is O=C1C(c2cccc(F)c2)=[N+]([O-])c2cc(Cl)ccc21. The van der Waals surface area contributed by atoms with Crippen LogP contribution in [0.1, 0.15) is 15.9 Å². The van der Waals surface area contributed by atoms with Crippen molar-refractivity contribution in [1.29, 1.82) is 0 Å². The van der Waals surface area contributed by atoms with Crippen molar-refractivity contribution >= 4 is 28.8 Å². The second kappa shape index (κ2) is 4.17. The quantitative estimate of drug-likeness (QED) is 0.592. The first-order valence-corrected chi connectivity index (χ1v) is 5.90. The van der Waals surface area contributed by atoms with Crippen molar-refractivity contribution in [2.24, 2.45) is 0 Å². The Hall–Kier alpha value is -2.20. The van der Waals surface area contributed by atoms with Crippen LogP contribution < -0.4 is 0 Å². The van der Waals surface area contributed by atoms with Crippen molar-refractivity contribution in [2.75, 3.05) is 0 Å². The zero-order chi connectivity index (χ0) is 13.6. The normalized spacial score (nSPS) is 13.9. The molecule has 0 amide bonds. The monoisotopic (exact) mass is 275 g/mol. The van der Waals surface area contributed by atoms with Gasteiger partial charge < -0.3 is 5.21 Å². The third-order valence-corrected chi connectivity index (χ3v) is 3.17. The minimum atomic E-state index is -0.500. The molecule has 5 heteroatoms. The summed E-state index contributed by atoms with van der Waals surface area (Å²) < 4.78 is 13.7. The van der Waals surface area contributed by atoms with Gasteiger partial charge in [-0.2, -0.15) is 4.74 Å². The van der Waals surface area contributed by atoms with E-state index in [1.807, 2.05) is 0 Å². The van der Waals surface area contributed by atoms with Crippen LogP contribution in [0.25, 0.3) is 0 Å². The summed E-state index contributed by atoms with van der Waals surface area (Å²) in [5.41, 5.74) is 0.638. The smallest absolute Gasteiger partial charge is 0.273 e. The molecule has 94 valence electrons. The van der Waals surface area contributed by atoms with Gasteiger partial charge in [0.15, 0.2) is 0 Å². The average Bonchev–Trinajstić information content (AvgIpc) is 2.61. The molecule has 2 aromatic rings. The molecular weight excluding hydrogens is 269 g/mol. The van der Waals surface area contributed by atoms with Crippen molar-refractivity contribution in [3.63, 3.8) is 0 Å². The van der Waals surface area contributed by atoms with Gasteiger partial charge in [-0.25, -0.2) is 4.39 Å². The molecular formula is C14H7ClFNO2. The number of nitrogens with zero attached hydrogens (tertiary/aromatic N) is 1. The third kappa shape index (κ3) is 1.81. The highest BCUT2D eigenvalue weighted by molar-refractivity contribution is 6.52. The van der Waals surface area contributed by atoms with Gasteiger partial charge in [-0.3, -0.25) is 4.79 Å². The Kier molecular flexibility index (Phi) is 2.61.